The fourth-order valence-corrected chi connectivity index (χ4v) is 2.24. The van der Waals surface area contributed by atoms with Crippen LogP contribution in [-0.2, 0) is 4.79 Å². The monoisotopic (exact) mass is 335 g/mol. The van der Waals surface area contributed by atoms with Crippen molar-refractivity contribution < 1.29 is 23.4 Å². The van der Waals surface area contributed by atoms with E-state index in [0.717, 1.165) is 0 Å². The maximum absolute atomic E-state index is 13.4. The summed E-state index contributed by atoms with van der Waals surface area (Å²) in [4.78, 5) is 11.8. The van der Waals surface area contributed by atoms with Gasteiger partial charge in [0.05, 0.1) is 6.10 Å². The molecule has 0 aromatic heterocycles. The number of hydrogen-bond donors (Lipinski definition) is 2. The van der Waals surface area contributed by atoms with Gasteiger partial charge in [-0.25, -0.2) is 8.78 Å². The zero-order chi connectivity index (χ0) is 17.5. The van der Waals surface area contributed by atoms with E-state index in [9.17, 15) is 18.7 Å². The second kappa shape index (κ2) is 8.40. The molecule has 6 heteroatoms. The molecule has 4 nitrogen and oxygen atoms in total. The lowest BCUT2D eigenvalue weighted by Gasteiger charge is -2.18. The van der Waals surface area contributed by atoms with Crippen LogP contribution < -0.4 is 10.1 Å². The number of benzene rings is 2. The highest BCUT2D eigenvalue weighted by Crippen LogP contribution is 2.19. The Balaban J connectivity index is 1.79. The van der Waals surface area contributed by atoms with Gasteiger partial charge in [-0.15, -0.1) is 0 Å². The Morgan fingerprint density at radius 3 is 2.50 bits per heavy atom. The fourth-order valence-electron chi connectivity index (χ4n) is 2.24. The molecule has 2 atom stereocenters. The number of aliphatic hydroxyl groups is 1. The van der Waals surface area contributed by atoms with E-state index in [0.29, 0.717) is 5.56 Å². The number of ether oxygens (including phenoxy) is 1. The summed E-state index contributed by atoms with van der Waals surface area (Å²) < 4.78 is 31.3. The number of halogens is 2. The van der Waals surface area contributed by atoms with Crippen LogP contribution in [0.1, 0.15) is 25.0 Å². The second-order valence-corrected chi connectivity index (χ2v) is 5.49. The lowest BCUT2D eigenvalue weighted by molar-refractivity contribution is -0.123. The first-order valence-corrected chi connectivity index (χ1v) is 7.56. The SMILES string of the molecule is CC(CC(O)c1ccc(F)cc1)NC(=O)COc1ccccc1F. The van der Waals surface area contributed by atoms with Gasteiger partial charge in [0.25, 0.3) is 5.91 Å². The summed E-state index contributed by atoms with van der Waals surface area (Å²) in [5.74, 6) is -1.33. The van der Waals surface area contributed by atoms with Crippen LogP contribution in [0.4, 0.5) is 8.78 Å². The number of rotatable bonds is 7. The third kappa shape index (κ3) is 5.31. The molecule has 0 aliphatic rings. The molecule has 0 fully saturated rings. The van der Waals surface area contributed by atoms with Crippen molar-refractivity contribution in [3.8, 4) is 5.75 Å². The van der Waals surface area contributed by atoms with Gasteiger partial charge in [0, 0.05) is 6.04 Å². The van der Waals surface area contributed by atoms with Crippen LogP contribution in [0.15, 0.2) is 48.5 Å². The molecule has 0 saturated carbocycles. The third-order valence-corrected chi connectivity index (χ3v) is 3.43. The zero-order valence-electron chi connectivity index (χ0n) is 13.2. The van der Waals surface area contributed by atoms with Crippen molar-refractivity contribution in [2.45, 2.75) is 25.5 Å². The molecule has 0 bridgehead atoms. The lowest BCUT2D eigenvalue weighted by atomic mass is 10.0. The molecule has 2 aromatic carbocycles. The van der Waals surface area contributed by atoms with Gasteiger partial charge in [0.15, 0.2) is 18.2 Å². The topological polar surface area (TPSA) is 58.6 Å². The molecular weight excluding hydrogens is 316 g/mol. The number of hydrogen-bond acceptors (Lipinski definition) is 3. The van der Waals surface area contributed by atoms with Crippen molar-refractivity contribution in [3.05, 3.63) is 65.7 Å². The first kappa shape index (κ1) is 17.9. The number of carbonyl (C=O) groups is 1. The van der Waals surface area contributed by atoms with Crippen LogP contribution in [0.5, 0.6) is 5.75 Å². The van der Waals surface area contributed by atoms with Gasteiger partial charge in [-0.1, -0.05) is 24.3 Å². The molecular formula is C18H19F2NO3. The standard InChI is InChI=1S/C18H19F2NO3/c1-12(10-16(22)13-6-8-14(19)9-7-13)21-18(23)11-24-17-5-3-2-4-15(17)20/h2-9,12,16,22H,10-11H2,1H3,(H,21,23). The van der Waals surface area contributed by atoms with Crippen LogP contribution in [0.2, 0.25) is 0 Å². The highest BCUT2D eigenvalue weighted by Gasteiger charge is 2.15. The first-order chi connectivity index (χ1) is 11.5. The van der Waals surface area contributed by atoms with E-state index in [4.69, 9.17) is 4.74 Å². The zero-order valence-corrected chi connectivity index (χ0v) is 13.2. The number of carbonyl (C=O) groups excluding carboxylic acids is 1. The van der Waals surface area contributed by atoms with Crippen molar-refractivity contribution in [2.24, 2.45) is 0 Å². The Morgan fingerprint density at radius 2 is 1.83 bits per heavy atom. The Morgan fingerprint density at radius 1 is 1.17 bits per heavy atom. The van der Waals surface area contributed by atoms with Crippen LogP contribution >= 0.6 is 0 Å². The van der Waals surface area contributed by atoms with E-state index in [-0.39, 0.29) is 30.6 Å². The van der Waals surface area contributed by atoms with Gasteiger partial charge in [0.2, 0.25) is 0 Å². The Kier molecular flexibility index (Phi) is 6.26. The van der Waals surface area contributed by atoms with Gasteiger partial charge < -0.3 is 15.2 Å². The smallest absolute Gasteiger partial charge is 0.258 e. The Labute approximate surface area is 139 Å². The van der Waals surface area contributed by atoms with Gasteiger partial charge in [-0.05, 0) is 43.2 Å². The number of para-hydroxylation sites is 1. The van der Waals surface area contributed by atoms with Crippen molar-refractivity contribution >= 4 is 5.91 Å². The van der Waals surface area contributed by atoms with Gasteiger partial charge in [-0.2, -0.15) is 0 Å². The summed E-state index contributed by atoms with van der Waals surface area (Å²) in [6, 6.07) is 11.0. The largest absolute Gasteiger partial charge is 0.481 e. The molecule has 2 rings (SSSR count). The van der Waals surface area contributed by atoms with E-state index < -0.39 is 17.8 Å². The average molecular weight is 335 g/mol. The van der Waals surface area contributed by atoms with Gasteiger partial charge in [-0.3, -0.25) is 4.79 Å². The number of nitrogens with one attached hydrogen (secondary N) is 1. The summed E-state index contributed by atoms with van der Waals surface area (Å²) in [7, 11) is 0. The summed E-state index contributed by atoms with van der Waals surface area (Å²) in [6.07, 6.45) is -0.565. The van der Waals surface area contributed by atoms with Crippen molar-refractivity contribution in [1.82, 2.24) is 5.32 Å². The highest BCUT2D eigenvalue weighted by molar-refractivity contribution is 5.77. The van der Waals surface area contributed by atoms with Crippen LogP contribution in [0, 0.1) is 11.6 Å². The minimum atomic E-state index is -0.826. The Bertz CT molecular complexity index is 676. The molecule has 0 spiro atoms. The average Bonchev–Trinajstić information content (AvgIpc) is 2.54. The molecule has 2 aromatic rings. The molecule has 0 aliphatic heterocycles. The lowest BCUT2D eigenvalue weighted by Crippen LogP contribution is -2.37. The van der Waals surface area contributed by atoms with Gasteiger partial charge in [0.1, 0.15) is 5.82 Å². The molecule has 1 amide bonds. The van der Waals surface area contributed by atoms with Crippen LogP contribution in [-0.4, -0.2) is 23.7 Å². The van der Waals surface area contributed by atoms with Crippen LogP contribution in [0.25, 0.3) is 0 Å². The molecule has 2 unspecified atom stereocenters. The molecule has 0 aliphatic carbocycles. The van der Waals surface area contributed by atoms with E-state index in [1.54, 1.807) is 13.0 Å². The normalized spacial score (nSPS) is 13.2. The minimum Gasteiger partial charge on any atom is -0.481 e. The highest BCUT2D eigenvalue weighted by atomic mass is 19.1. The maximum Gasteiger partial charge on any atom is 0.258 e. The predicted molar refractivity (Wildman–Crippen MR) is 85.5 cm³/mol. The molecule has 0 radical (unpaired) electrons. The molecule has 24 heavy (non-hydrogen) atoms. The van der Waals surface area contributed by atoms with E-state index >= 15 is 0 Å². The molecule has 2 N–H and O–H groups in total. The summed E-state index contributed by atoms with van der Waals surface area (Å²) >= 11 is 0. The van der Waals surface area contributed by atoms with Crippen molar-refractivity contribution in [1.29, 1.82) is 0 Å². The predicted octanol–water partition coefficient (Wildman–Crippen LogP) is 2.97. The van der Waals surface area contributed by atoms with Crippen LogP contribution in [0.3, 0.4) is 0 Å². The molecule has 128 valence electrons. The number of aliphatic hydroxyl groups excluding tert-OH is 1. The van der Waals surface area contributed by atoms with Crippen molar-refractivity contribution in [2.75, 3.05) is 6.61 Å². The quantitative estimate of drug-likeness (QED) is 0.818. The number of amides is 1. The summed E-state index contributed by atoms with van der Waals surface area (Å²) in [5.41, 5.74) is 0.570. The molecule has 0 heterocycles. The van der Waals surface area contributed by atoms with E-state index in [1.807, 2.05) is 0 Å². The first-order valence-electron chi connectivity index (χ1n) is 7.56. The second-order valence-electron chi connectivity index (χ2n) is 5.49. The van der Waals surface area contributed by atoms with E-state index in [1.165, 1.54) is 42.5 Å². The third-order valence-electron chi connectivity index (χ3n) is 3.43. The maximum atomic E-state index is 13.4. The molecule has 0 saturated heterocycles. The minimum absolute atomic E-state index is 0.00616. The summed E-state index contributed by atoms with van der Waals surface area (Å²) in [5, 5.41) is 12.7. The fraction of sp³-hybridized carbons (Fsp3) is 0.278. The van der Waals surface area contributed by atoms with E-state index in [2.05, 4.69) is 5.32 Å². The van der Waals surface area contributed by atoms with Gasteiger partial charge >= 0.3 is 0 Å². The Hall–Kier alpha value is -2.47. The summed E-state index contributed by atoms with van der Waals surface area (Å²) in [6.45, 7) is 1.41. The van der Waals surface area contributed by atoms with Crippen molar-refractivity contribution in [3.63, 3.8) is 0 Å².